The van der Waals surface area contributed by atoms with Crippen molar-refractivity contribution in [3.63, 3.8) is 0 Å². The molecule has 0 radical (unpaired) electrons. The maximum absolute atomic E-state index is 6.63. The number of hydrogen-bond donors (Lipinski definition) is 1. The normalized spacial score (nSPS) is 12.5. The van der Waals surface area contributed by atoms with Crippen LogP contribution in [0.5, 0.6) is 0 Å². The summed E-state index contributed by atoms with van der Waals surface area (Å²) in [6.07, 6.45) is 0. The maximum atomic E-state index is 6.63. The minimum atomic E-state index is 0.426. The van der Waals surface area contributed by atoms with E-state index in [-0.39, 0.29) is 0 Å². The monoisotopic (exact) mass is 743 g/mol. The topological polar surface area (TPSA) is 60.1 Å². The molecule has 11 rings (SSSR count). The number of fused-ring (bicyclic) bond motifs is 11. The molecule has 58 heavy (non-hydrogen) atoms. The number of aliphatic imine (C=N–C) groups is 2. The van der Waals surface area contributed by atoms with Crippen LogP contribution in [0.2, 0.25) is 0 Å². The minimum Gasteiger partial charge on any atom is -0.383 e. The Morgan fingerprint density at radius 2 is 0.983 bits per heavy atom. The van der Waals surface area contributed by atoms with Crippen LogP contribution in [-0.4, -0.2) is 20.6 Å². The number of nitrogens with zero attached hydrogens (tertiary/aromatic N) is 4. The van der Waals surface area contributed by atoms with Crippen LogP contribution in [0.25, 0.3) is 76.7 Å². The van der Waals surface area contributed by atoms with Gasteiger partial charge in [-0.1, -0.05) is 158 Å². The zero-order valence-corrected chi connectivity index (χ0v) is 31.6. The third-order valence-corrected chi connectivity index (χ3v) is 11.4. The fourth-order valence-corrected chi connectivity index (χ4v) is 8.59. The second kappa shape index (κ2) is 13.8. The van der Waals surface area contributed by atoms with Gasteiger partial charge in [0.2, 0.25) is 0 Å². The van der Waals surface area contributed by atoms with Crippen molar-refractivity contribution < 1.29 is 0 Å². The molecule has 0 atom stereocenters. The summed E-state index contributed by atoms with van der Waals surface area (Å²) in [5.74, 6) is 1.04. The highest BCUT2D eigenvalue weighted by Gasteiger charge is 2.17. The predicted molar refractivity (Wildman–Crippen MR) is 244 cm³/mol. The highest BCUT2D eigenvalue weighted by molar-refractivity contribution is 6.19. The lowest BCUT2D eigenvalue weighted by molar-refractivity contribution is 1.06. The lowest BCUT2D eigenvalue weighted by Crippen LogP contribution is -2.16. The van der Waals surface area contributed by atoms with E-state index in [0.717, 1.165) is 33.5 Å². The molecule has 0 aliphatic heterocycles. The Hall–Kier alpha value is -7.76. The summed E-state index contributed by atoms with van der Waals surface area (Å²) in [5, 5.41) is 7.49. The maximum Gasteiger partial charge on any atom is 0.157 e. The summed E-state index contributed by atoms with van der Waals surface area (Å²) in [5.41, 5.74) is 18.9. The molecule has 0 fully saturated rings. The van der Waals surface area contributed by atoms with Gasteiger partial charge in [-0.25, -0.2) is 4.99 Å². The van der Waals surface area contributed by atoms with Crippen LogP contribution < -0.4 is 5.73 Å². The van der Waals surface area contributed by atoms with Gasteiger partial charge in [-0.3, -0.25) is 4.99 Å². The SMILES string of the molecule is NC(=NC(=NCc1ccccc1)c1ccccc1)c1ccc(-c2ccc(-n3c4ccccc4c4cc5c(cc43)cc3c4ccccc4c4ccccc4n53)cc2)cc1. The Labute approximate surface area is 335 Å². The molecule has 0 unspecified atom stereocenters. The van der Waals surface area contributed by atoms with Crippen molar-refractivity contribution in [2.24, 2.45) is 15.7 Å². The van der Waals surface area contributed by atoms with Gasteiger partial charge < -0.3 is 14.7 Å². The molecule has 0 amide bonds. The highest BCUT2D eigenvalue weighted by Crippen LogP contribution is 2.39. The third kappa shape index (κ3) is 5.63. The molecule has 274 valence electrons. The predicted octanol–water partition coefficient (Wildman–Crippen LogP) is 12.5. The van der Waals surface area contributed by atoms with E-state index in [1.807, 2.05) is 60.7 Å². The van der Waals surface area contributed by atoms with Crippen molar-refractivity contribution in [1.29, 1.82) is 0 Å². The average molecular weight is 744 g/mol. The van der Waals surface area contributed by atoms with Crippen LogP contribution in [0.3, 0.4) is 0 Å². The first-order chi connectivity index (χ1) is 28.7. The number of hydrogen-bond acceptors (Lipinski definition) is 1. The zero-order chi connectivity index (χ0) is 38.6. The van der Waals surface area contributed by atoms with Gasteiger partial charge in [-0.15, -0.1) is 0 Å². The molecule has 8 aromatic carbocycles. The number of benzene rings is 8. The van der Waals surface area contributed by atoms with Crippen LogP contribution in [-0.2, 0) is 6.54 Å². The van der Waals surface area contributed by atoms with Crippen LogP contribution in [0.4, 0.5) is 0 Å². The fourth-order valence-electron chi connectivity index (χ4n) is 8.59. The van der Waals surface area contributed by atoms with Crippen LogP contribution in [0.1, 0.15) is 16.7 Å². The van der Waals surface area contributed by atoms with Gasteiger partial charge in [0, 0.05) is 43.7 Å². The number of amidine groups is 2. The Bertz CT molecular complexity index is 3390. The molecule has 0 saturated carbocycles. The molecule has 5 nitrogen and oxygen atoms in total. The van der Waals surface area contributed by atoms with Crippen molar-refractivity contribution in [2.45, 2.75) is 6.54 Å². The summed E-state index contributed by atoms with van der Waals surface area (Å²) in [6, 6.07) is 70.7. The lowest BCUT2D eigenvalue weighted by atomic mass is 10.0. The molecule has 0 bridgehead atoms. The first-order valence-electron chi connectivity index (χ1n) is 19.6. The number of pyridine rings is 1. The van der Waals surface area contributed by atoms with E-state index in [2.05, 4.69) is 148 Å². The summed E-state index contributed by atoms with van der Waals surface area (Å²) in [4.78, 5) is 9.68. The second-order valence-electron chi connectivity index (χ2n) is 14.8. The van der Waals surface area contributed by atoms with Gasteiger partial charge >= 0.3 is 0 Å². The Balaban J connectivity index is 0.955. The van der Waals surface area contributed by atoms with Crippen molar-refractivity contribution >= 4 is 71.6 Å². The molecule has 0 aliphatic carbocycles. The van der Waals surface area contributed by atoms with E-state index in [9.17, 15) is 0 Å². The molecular weight excluding hydrogens is 707 g/mol. The smallest absolute Gasteiger partial charge is 0.157 e. The molecule has 2 N–H and O–H groups in total. The molecule has 0 spiro atoms. The van der Waals surface area contributed by atoms with E-state index < -0.39 is 0 Å². The Morgan fingerprint density at radius 3 is 1.69 bits per heavy atom. The van der Waals surface area contributed by atoms with Crippen LogP contribution >= 0.6 is 0 Å². The van der Waals surface area contributed by atoms with E-state index >= 15 is 0 Å². The van der Waals surface area contributed by atoms with Gasteiger partial charge in [0.1, 0.15) is 5.84 Å². The zero-order valence-electron chi connectivity index (χ0n) is 31.6. The molecule has 3 aromatic heterocycles. The summed E-state index contributed by atoms with van der Waals surface area (Å²) < 4.78 is 4.84. The Morgan fingerprint density at radius 1 is 0.431 bits per heavy atom. The van der Waals surface area contributed by atoms with Crippen LogP contribution in [0.15, 0.2) is 210 Å². The van der Waals surface area contributed by atoms with E-state index in [0.29, 0.717) is 18.2 Å². The molecule has 11 aromatic rings. The van der Waals surface area contributed by atoms with E-state index in [4.69, 9.17) is 15.7 Å². The van der Waals surface area contributed by atoms with Gasteiger partial charge in [0.25, 0.3) is 0 Å². The largest absolute Gasteiger partial charge is 0.383 e. The molecule has 5 heteroatoms. The second-order valence-corrected chi connectivity index (χ2v) is 14.8. The number of rotatable bonds is 6. The molecular formula is C53H37N5. The van der Waals surface area contributed by atoms with Crippen LogP contribution in [0, 0.1) is 0 Å². The van der Waals surface area contributed by atoms with Crippen molar-refractivity contribution in [2.75, 3.05) is 0 Å². The Kier molecular flexibility index (Phi) is 7.97. The van der Waals surface area contributed by atoms with Gasteiger partial charge in [0.05, 0.1) is 34.1 Å². The summed E-state index contributed by atoms with van der Waals surface area (Å²) in [6.45, 7) is 0.522. The van der Waals surface area contributed by atoms with Crippen molar-refractivity contribution in [3.8, 4) is 16.8 Å². The van der Waals surface area contributed by atoms with E-state index in [1.165, 1.54) is 59.9 Å². The fraction of sp³-hybridized carbons (Fsp3) is 0.0189. The van der Waals surface area contributed by atoms with Gasteiger partial charge in [-0.05, 0) is 64.5 Å². The number of para-hydroxylation sites is 2. The van der Waals surface area contributed by atoms with Gasteiger partial charge in [-0.2, -0.15) is 0 Å². The quantitative estimate of drug-likeness (QED) is 0.103. The summed E-state index contributed by atoms with van der Waals surface area (Å²) >= 11 is 0. The first kappa shape index (κ1) is 33.6. The standard InChI is InChI=1S/C53H37N5/c54-52(56-53(39-15-5-2-6-16-39)55-34-35-13-3-1-4-14-35)38-25-23-36(24-26-38)37-27-29-41(30-28-37)57-47-21-11-10-20-45(47)46-33-49-40(32-51(46)57)31-50-44-19-8-7-17-42(44)43-18-9-12-22-48(43)58(49)50/h1-33H,34H2,(H2,54,55,56). The average Bonchev–Trinajstić information content (AvgIpc) is 3.83. The van der Waals surface area contributed by atoms with Gasteiger partial charge in [0.15, 0.2) is 5.84 Å². The molecule has 3 heterocycles. The minimum absolute atomic E-state index is 0.426. The third-order valence-electron chi connectivity index (χ3n) is 11.4. The van der Waals surface area contributed by atoms with Crippen molar-refractivity contribution in [1.82, 2.24) is 8.97 Å². The highest BCUT2D eigenvalue weighted by atomic mass is 15.0. The molecule has 0 aliphatic rings. The number of aromatic nitrogens is 2. The van der Waals surface area contributed by atoms with Crippen molar-refractivity contribution in [3.05, 3.63) is 217 Å². The first-order valence-corrected chi connectivity index (χ1v) is 19.6. The lowest BCUT2D eigenvalue weighted by Gasteiger charge is -2.11. The molecule has 0 saturated heterocycles. The number of nitrogens with two attached hydrogens (primary N) is 1. The van der Waals surface area contributed by atoms with E-state index in [1.54, 1.807) is 0 Å². The summed E-state index contributed by atoms with van der Waals surface area (Å²) in [7, 11) is 0.